The molecule has 6 heteroatoms. The Morgan fingerprint density at radius 3 is 2.60 bits per heavy atom. The summed E-state index contributed by atoms with van der Waals surface area (Å²) in [5.41, 5.74) is 7.21. The van der Waals surface area contributed by atoms with Crippen LogP contribution in [0.1, 0.15) is 34.1 Å². The molecule has 0 aliphatic carbocycles. The lowest BCUT2D eigenvalue weighted by Gasteiger charge is -2.17. The quantitative estimate of drug-likeness (QED) is 0.758. The number of carbonyl (C=O) groups is 2. The number of benzene rings is 1. The van der Waals surface area contributed by atoms with E-state index < -0.39 is 11.9 Å². The summed E-state index contributed by atoms with van der Waals surface area (Å²) in [7, 11) is 0. The summed E-state index contributed by atoms with van der Waals surface area (Å²) in [6.45, 7) is 1.76. The molecule has 2 rings (SSSR count). The molecule has 0 saturated carbocycles. The summed E-state index contributed by atoms with van der Waals surface area (Å²) in [6, 6.07) is 8.80. The highest BCUT2D eigenvalue weighted by Gasteiger charge is 2.19. The summed E-state index contributed by atoms with van der Waals surface area (Å²) >= 11 is 0. The molecule has 0 spiro atoms. The van der Waals surface area contributed by atoms with E-state index in [4.69, 9.17) is 5.73 Å². The minimum Gasteiger partial charge on any atom is -0.370 e. The lowest BCUT2D eigenvalue weighted by atomic mass is 10.0. The molecule has 0 bridgehead atoms. The molecule has 0 unspecified atom stereocenters. The number of hydrogen-bond acceptors (Lipinski definition) is 3. The number of H-pyrrole nitrogens is 1. The van der Waals surface area contributed by atoms with Gasteiger partial charge in [-0.15, -0.1) is 0 Å². The van der Waals surface area contributed by atoms with E-state index in [0.29, 0.717) is 11.3 Å². The van der Waals surface area contributed by atoms with Crippen molar-refractivity contribution < 1.29 is 9.59 Å². The molecule has 1 heterocycles. The van der Waals surface area contributed by atoms with Crippen molar-refractivity contribution in [2.45, 2.75) is 19.4 Å². The molecule has 0 fully saturated rings. The van der Waals surface area contributed by atoms with Crippen LogP contribution in [0.4, 0.5) is 0 Å². The SMILES string of the molecule is Cc1[nH]ncc1C(=O)N[C@@H](CC(N)=O)c1ccccc1. The highest BCUT2D eigenvalue weighted by Crippen LogP contribution is 2.17. The maximum absolute atomic E-state index is 12.2. The van der Waals surface area contributed by atoms with E-state index in [9.17, 15) is 9.59 Å². The smallest absolute Gasteiger partial charge is 0.255 e. The minimum atomic E-state index is -0.469. The Kier molecular flexibility index (Phi) is 4.14. The van der Waals surface area contributed by atoms with Crippen molar-refractivity contribution in [1.82, 2.24) is 15.5 Å². The van der Waals surface area contributed by atoms with Gasteiger partial charge in [-0.1, -0.05) is 30.3 Å². The van der Waals surface area contributed by atoms with Crippen LogP contribution in [0.2, 0.25) is 0 Å². The first-order valence-electron chi connectivity index (χ1n) is 6.22. The lowest BCUT2D eigenvalue weighted by molar-refractivity contribution is -0.118. The van der Waals surface area contributed by atoms with Crippen molar-refractivity contribution in [3.05, 3.63) is 53.3 Å². The largest absolute Gasteiger partial charge is 0.370 e. The molecule has 20 heavy (non-hydrogen) atoms. The van der Waals surface area contributed by atoms with E-state index in [1.54, 1.807) is 6.92 Å². The second kappa shape index (κ2) is 6.01. The van der Waals surface area contributed by atoms with E-state index in [0.717, 1.165) is 5.56 Å². The maximum atomic E-state index is 12.2. The predicted octanol–water partition coefficient (Wildman–Crippen LogP) is 1.06. The average molecular weight is 272 g/mol. The summed E-state index contributed by atoms with van der Waals surface area (Å²) in [5.74, 6) is -0.755. The fourth-order valence-electron chi connectivity index (χ4n) is 1.95. The minimum absolute atomic E-state index is 0.0483. The van der Waals surface area contributed by atoms with Gasteiger partial charge >= 0.3 is 0 Å². The van der Waals surface area contributed by atoms with Crippen LogP contribution >= 0.6 is 0 Å². The van der Waals surface area contributed by atoms with Gasteiger partial charge in [-0.05, 0) is 12.5 Å². The molecule has 0 radical (unpaired) electrons. The van der Waals surface area contributed by atoms with Crippen LogP contribution in [0.15, 0.2) is 36.5 Å². The van der Waals surface area contributed by atoms with Gasteiger partial charge in [-0.3, -0.25) is 14.7 Å². The molecule has 1 aromatic carbocycles. The third-order valence-electron chi connectivity index (χ3n) is 2.99. The monoisotopic (exact) mass is 272 g/mol. The Labute approximate surface area is 116 Å². The highest BCUT2D eigenvalue weighted by atomic mass is 16.2. The van der Waals surface area contributed by atoms with Crippen LogP contribution < -0.4 is 11.1 Å². The van der Waals surface area contributed by atoms with Crippen LogP contribution in [0, 0.1) is 6.92 Å². The number of aryl methyl sites for hydroxylation is 1. The van der Waals surface area contributed by atoms with Crippen molar-refractivity contribution in [2.24, 2.45) is 5.73 Å². The Morgan fingerprint density at radius 1 is 1.35 bits per heavy atom. The van der Waals surface area contributed by atoms with Gasteiger partial charge in [0.05, 0.1) is 24.2 Å². The van der Waals surface area contributed by atoms with Crippen LogP contribution in [0.5, 0.6) is 0 Å². The second-order valence-corrected chi connectivity index (χ2v) is 4.52. The van der Waals surface area contributed by atoms with Crippen molar-refractivity contribution in [1.29, 1.82) is 0 Å². The maximum Gasteiger partial charge on any atom is 0.255 e. The third-order valence-corrected chi connectivity index (χ3v) is 2.99. The zero-order valence-electron chi connectivity index (χ0n) is 11.1. The van der Waals surface area contributed by atoms with E-state index >= 15 is 0 Å². The van der Waals surface area contributed by atoms with Gasteiger partial charge in [0, 0.05) is 5.69 Å². The number of aromatic nitrogens is 2. The van der Waals surface area contributed by atoms with Crippen LogP contribution in [0.25, 0.3) is 0 Å². The molecule has 1 atom stereocenters. The third kappa shape index (κ3) is 3.23. The van der Waals surface area contributed by atoms with Gasteiger partial charge in [-0.2, -0.15) is 5.10 Å². The average Bonchev–Trinajstić information content (AvgIpc) is 2.85. The molecule has 6 nitrogen and oxygen atoms in total. The molecule has 104 valence electrons. The van der Waals surface area contributed by atoms with Crippen molar-refractivity contribution in [3.8, 4) is 0 Å². The Balaban J connectivity index is 2.18. The molecule has 1 aromatic heterocycles. The van der Waals surface area contributed by atoms with Gasteiger partial charge in [0.1, 0.15) is 0 Å². The van der Waals surface area contributed by atoms with Crippen LogP contribution in [0.3, 0.4) is 0 Å². The van der Waals surface area contributed by atoms with Gasteiger partial charge in [0.25, 0.3) is 5.91 Å². The Bertz CT molecular complexity index is 607. The first-order valence-corrected chi connectivity index (χ1v) is 6.22. The summed E-state index contributed by atoms with van der Waals surface area (Å²) < 4.78 is 0. The zero-order valence-corrected chi connectivity index (χ0v) is 11.1. The van der Waals surface area contributed by atoms with Crippen molar-refractivity contribution in [2.75, 3.05) is 0 Å². The normalized spacial score (nSPS) is 11.8. The fourth-order valence-corrected chi connectivity index (χ4v) is 1.95. The summed E-state index contributed by atoms with van der Waals surface area (Å²) in [5, 5.41) is 9.32. The van der Waals surface area contributed by atoms with E-state index in [1.807, 2.05) is 30.3 Å². The predicted molar refractivity (Wildman–Crippen MR) is 73.8 cm³/mol. The Hall–Kier alpha value is -2.63. The lowest BCUT2D eigenvalue weighted by Crippen LogP contribution is -2.32. The number of aromatic amines is 1. The number of rotatable bonds is 5. The first-order chi connectivity index (χ1) is 9.58. The van der Waals surface area contributed by atoms with E-state index in [1.165, 1.54) is 6.20 Å². The topological polar surface area (TPSA) is 101 Å². The number of nitrogens with one attached hydrogen (secondary N) is 2. The molecule has 4 N–H and O–H groups in total. The number of amides is 2. The zero-order chi connectivity index (χ0) is 14.5. The molecule has 0 aliphatic rings. The molecule has 0 saturated heterocycles. The van der Waals surface area contributed by atoms with Crippen molar-refractivity contribution in [3.63, 3.8) is 0 Å². The molecular formula is C14H16N4O2. The molecule has 2 aromatic rings. The number of nitrogens with two attached hydrogens (primary N) is 1. The van der Waals surface area contributed by atoms with Crippen molar-refractivity contribution >= 4 is 11.8 Å². The number of nitrogens with zero attached hydrogens (tertiary/aromatic N) is 1. The fraction of sp³-hybridized carbons (Fsp3) is 0.214. The summed E-state index contributed by atoms with van der Waals surface area (Å²) in [6.07, 6.45) is 1.50. The second-order valence-electron chi connectivity index (χ2n) is 4.52. The van der Waals surface area contributed by atoms with Gasteiger partial charge in [0.15, 0.2) is 0 Å². The first kappa shape index (κ1) is 13.8. The number of primary amides is 1. The molecular weight excluding hydrogens is 256 g/mol. The van der Waals surface area contributed by atoms with Gasteiger partial charge < -0.3 is 11.1 Å². The van der Waals surface area contributed by atoms with Gasteiger partial charge in [-0.25, -0.2) is 0 Å². The van der Waals surface area contributed by atoms with E-state index in [-0.39, 0.29) is 12.3 Å². The Morgan fingerprint density at radius 2 is 2.05 bits per heavy atom. The highest BCUT2D eigenvalue weighted by molar-refractivity contribution is 5.95. The van der Waals surface area contributed by atoms with Crippen LogP contribution in [-0.2, 0) is 4.79 Å². The number of hydrogen-bond donors (Lipinski definition) is 3. The summed E-state index contributed by atoms with van der Waals surface area (Å²) in [4.78, 5) is 23.3. The van der Waals surface area contributed by atoms with Crippen LogP contribution in [-0.4, -0.2) is 22.0 Å². The number of carbonyl (C=O) groups excluding carboxylic acids is 2. The molecule has 2 amide bonds. The van der Waals surface area contributed by atoms with E-state index in [2.05, 4.69) is 15.5 Å². The molecule has 0 aliphatic heterocycles. The standard InChI is InChI=1S/C14H16N4O2/c1-9-11(8-16-18-9)14(20)17-12(7-13(15)19)10-5-3-2-4-6-10/h2-6,8,12H,7H2,1H3,(H2,15,19)(H,16,18)(H,17,20)/t12-/m0/s1. The van der Waals surface area contributed by atoms with Gasteiger partial charge in [0.2, 0.25) is 5.91 Å².